The molecule has 0 bridgehead atoms. The van der Waals surface area contributed by atoms with Crippen LogP contribution in [0.2, 0.25) is 0 Å². The van der Waals surface area contributed by atoms with Crippen LogP contribution in [0.1, 0.15) is 49.5 Å². The predicted octanol–water partition coefficient (Wildman–Crippen LogP) is 1.06. The van der Waals surface area contributed by atoms with Gasteiger partial charge in [-0.05, 0) is 25.2 Å². The molecule has 2 N–H and O–H groups in total. The lowest BCUT2D eigenvalue weighted by molar-refractivity contribution is -0.137. The smallest absolute Gasteiger partial charge is 0.325 e. The molecule has 0 aliphatic heterocycles. The van der Waals surface area contributed by atoms with E-state index in [2.05, 4.69) is 22.6 Å². The molecule has 0 spiro atoms. The zero-order valence-corrected chi connectivity index (χ0v) is 11.6. The van der Waals surface area contributed by atoms with Gasteiger partial charge in [0.1, 0.15) is 6.54 Å². The molecule has 1 aliphatic carbocycles. The van der Waals surface area contributed by atoms with Crippen LogP contribution in [0.3, 0.4) is 0 Å². The second-order valence-corrected chi connectivity index (χ2v) is 5.48. The first kappa shape index (κ1) is 14.5. The number of amides is 1. The summed E-state index contributed by atoms with van der Waals surface area (Å²) in [5.41, 5.74) is 0.170. The highest BCUT2D eigenvalue weighted by Crippen LogP contribution is 2.22. The summed E-state index contributed by atoms with van der Waals surface area (Å²) in [5.74, 6) is -0.575. The highest BCUT2D eigenvalue weighted by molar-refractivity contribution is 5.92. The molecular formula is C13H20N4O3. The number of rotatable bonds is 4. The molecule has 2 unspecified atom stereocenters. The lowest BCUT2D eigenvalue weighted by atomic mass is 10.0. The molecule has 7 heteroatoms. The molecule has 1 fully saturated rings. The van der Waals surface area contributed by atoms with Crippen LogP contribution in [0.4, 0.5) is 0 Å². The van der Waals surface area contributed by atoms with Crippen molar-refractivity contribution in [2.45, 2.75) is 51.6 Å². The van der Waals surface area contributed by atoms with Crippen LogP contribution < -0.4 is 5.32 Å². The van der Waals surface area contributed by atoms with Crippen LogP contribution in [0.25, 0.3) is 0 Å². The van der Waals surface area contributed by atoms with Gasteiger partial charge in [0.15, 0.2) is 5.69 Å². The van der Waals surface area contributed by atoms with Gasteiger partial charge >= 0.3 is 5.97 Å². The Hall–Kier alpha value is -1.92. The fraction of sp³-hybridized carbons (Fsp3) is 0.692. The van der Waals surface area contributed by atoms with Crippen LogP contribution >= 0.6 is 0 Å². The van der Waals surface area contributed by atoms with Gasteiger partial charge in [0.2, 0.25) is 0 Å². The summed E-state index contributed by atoms with van der Waals surface area (Å²) in [7, 11) is 0. The van der Waals surface area contributed by atoms with Crippen molar-refractivity contribution in [3.8, 4) is 0 Å². The Morgan fingerprint density at radius 2 is 2.20 bits per heavy atom. The third-order valence-corrected chi connectivity index (χ3v) is 3.66. The Morgan fingerprint density at radius 1 is 1.40 bits per heavy atom. The van der Waals surface area contributed by atoms with Gasteiger partial charge in [-0.15, -0.1) is 5.10 Å². The van der Waals surface area contributed by atoms with Gasteiger partial charge in [-0.25, -0.2) is 4.68 Å². The van der Waals surface area contributed by atoms with Crippen molar-refractivity contribution in [2.24, 2.45) is 5.92 Å². The summed E-state index contributed by atoms with van der Waals surface area (Å²) < 4.78 is 1.15. The number of carbonyl (C=O) groups is 2. The topological polar surface area (TPSA) is 97.1 Å². The second-order valence-electron chi connectivity index (χ2n) is 5.48. The van der Waals surface area contributed by atoms with Gasteiger partial charge in [0, 0.05) is 6.04 Å². The number of hydrogen-bond donors (Lipinski definition) is 2. The quantitative estimate of drug-likeness (QED) is 0.804. The van der Waals surface area contributed by atoms with E-state index in [1.807, 2.05) is 0 Å². The minimum atomic E-state index is -1.01. The van der Waals surface area contributed by atoms with Crippen molar-refractivity contribution in [3.05, 3.63) is 11.9 Å². The van der Waals surface area contributed by atoms with Crippen LogP contribution in [0, 0.1) is 5.92 Å². The third-order valence-electron chi connectivity index (χ3n) is 3.66. The van der Waals surface area contributed by atoms with Gasteiger partial charge < -0.3 is 10.4 Å². The van der Waals surface area contributed by atoms with Crippen molar-refractivity contribution >= 4 is 11.9 Å². The van der Waals surface area contributed by atoms with Crippen LogP contribution in [-0.2, 0) is 11.3 Å². The van der Waals surface area contributed by atoms with Crippen LogP contribution in [0.5, 0.6) is 0 Å². The van der Waals surface area contributed by atoms with Crippen molar-refractivity contribution in [2.75, 3.05) is 0 Å². The third kappa shape index (κ3) is 4.04. The summed E-state index contributed by atoms with van der Waals surface area (Å²) in [5, 5.41) is 18.9. The van der Waals surface area contributed by atoms with E-state index in [9.17, 15) is 9.59 Å². The second kappa shape index (κ2) is 6.49. The molecule has 0 saturated heterocycles. The Morgan fingerprint density at radius 3 is 2.95 bits per heavy atom. The molecule has 7 nitrogen and oxygen atoms in total. The highest BCUT2D eigenvalue weighted by atomic mass is 16.4. The number of nitrogens with one attached hydrogen (secondary N) is 1. The Labute approximate surface area is 117 Å². The molecule has 1 aromatic rings. The summed E-state index contributed by atoms with van der Waals surface area (Å²) in [6.45, 7) is 1.95. The van der Waals surface area contributed by atoms with Gasteiger partial charge in [0.05, 0.1) is 6.20 Å². The maximum Gasteiger partial charge on any atom is 0.325 e. The molecule has 1 amide bonds. The Kier molecular flexibility index (Phi) is 4.70. The summed E-state index contributed by atoms with van der Waals surface area (Å²) in [6.07, 6.45) is 6.79. The number of carboxylic acid groups (broad SMARTS) is 1. The van der Waals surface area contributed by atoms with E-state index in [-0.39, 0.29) is 24.2 Å². The molecule has 20 heavy (non-hydrogen) atoms. The van der Waals surface area contributed by atoms with E-state index in [0.717, 1.165) is 30.4 Å². The van der Waals surface area contributed by atoms with E-state index in [0.29, 0.717) is 5.92 Å². The summed E-state index contributed by atoms with van der Waals surface area (Å²) in [4.78, 5) is 22.6. The fourth-order valence-electron chi connectivity index (χ4n) is 2.51. The van der Waals surface area contributed by atoms with Gasteiger partial charge in [0.25, 0.3) is 5.91 Å². The number of carbonyl (C=O) groups excluding carboxylic acids is 1. The first-order chi connectivity index (χ1) is 9.54. The van der Waals surface area contributed by atoms with Crippen molar-refractivity contribution in [1.82, 2.24) is 20.3 Å². The first-order valence-corrected chi connectivity index (χ1v) is 6.97. The lowest BCUT2D eigenvalue weighted by Crippen LogP contribution is -2.34. The standard InChI is InChI=1S/C13H20N4O3/c1-9-3-2-4-10(6-5-9)14-13(20)11-7-17(16-15-11)8-12(18)19/h7,9-10H,2-6,8H2,1H3,(H,14,20)(H,18,19). The zero-order chi connectivity index (χ0) is 14.5. The van der Waals surface area contributed by atoms with Crippen molar-refractivity contribution < 1.29 is 14.7 Å². The highest BCUT2D eigenvalue weighted by Gasteiger charge is 2.20. The average Bonchev–Trinajstić information content (AvgIpc) is 2.74. The Bertz CT molecular complexity index is 486. The molecule has 1 saturated carbocycles. The first-order valence-electron chi connectivity index (χ1n) is 6.97. The molecule has 0 aromatic carbocycles. The van der Waals surface area contributed by atoms with E-state index in [1.54, 1.807) is 0 Å². The van der Waals surface area contributed by atoms with Crippen LogP contribution in [0.15, 0.2) is 6.20 Å². The molecule has 2 atom stereocenters. The minimum Gasteiger partial charge on any atom is -0.480 e. The molecular weight excluding hydrogens is 260 g/mol. The predicted molar refractivity (Wildman–Crippen MR) is 71.2 cm³/mol. The van der Waals surface area contributed by atoms with Gasteiger partial charge in [-0.1, -0.05) is 25.0 Å². The summed E-state index contributed by atoms with van der Waals surface area (Å²) in [6, 6.07) is 0.178. The SMILES string of the molecule is CC1CCCC(NC(=O)c2cn(CC(=O)O)nn2)CC1. The lowest BCUT2D eigenvalue weighted by Gasteiger charge is -2.15. The van der Waals surface area contributed by atoms with E-state index < -0.39 is 5.97 Å². The minimum absolute atomic E-state index is 0.170. The number of nitrogens with zero attached hydrogens (tertiary/aromatic N) is 3. The monoisotopic (exact) mass is 280 g/mol. The normalized spacial score (nSPS) is 23.1. The number of aliphatic carboxylic acids is 1. The average molecular weight is 280 g/mol. The molecule has 1 heterocycles. The number of carboxylic acids is 1. The van der Waals surface area contributed by atoms with E-state index in [1.165, 1.54) is 12.6 Å². The molecule has 2 rings (SSSR count). The Balaban J connectivity index is 1.90. The van der Waals surface area contributed by atoms with Crippen molar-refractivity contribution in [3.63, 3.8) is 0 Å². The summed E-state index contributed by atoms with van der Waals surface area (Å²) >= 11 is 0. The van der Waals surface area contributed by atoms with Crippen LogP contribution in [-0.4, -0.2) is 38.0 Å². The van der Waals surface area contributed by atoms with E-state index >= 15 is 0 Å². The van der Waals surface area contributed by atoms with Gasteiger partial charge in [-0.2, -0.15) is 0 Å². The van der Waals surface area contributed by atoms with E-state index in [4.69, 9.17) is 5.11 Å². The fourth-order valence-corrected chi connectivity index (χ4v) is 2.51. The maximum atomic E-state index is 12.0. The molecule has 1 aliphatic rings. The maximum absolute atomic E-state index is 12.0. The van der Waals surface area contributed by atoms with Crippen molar-refractivity contribution in [1.29, 1.82) is 0 Å². The van der Waals surface area contributed by atoms with Gasteiger partial charge in [-0.3, -0.25) is 9.59 Å². The molecule has 110 valence electrons. The number of aromatic nitrogens is 3. The molecule has 1 aromatic heterocycles. The largest absolute Gasteiger partial charge is 0.480 e. The number of hydrogen-bond acceptors (Lipinski definition) is 4. The zero-order valence-electron chi connectivity index (χ0n) is 11.6. The molecule has 0 radical (unpaired) electrons.